The Morgan fingerprint density at radius 3 is 2.38 bits per heavy atom. The van der Waals surface area contributed by atoms with Crippen molar-refractivity contribution in [3.05, 3.63) is 68.7 Å². The minimum atomic E-state index is 0.911. The molecule has 3 aromatic carbocycles. The number of halogens is 2. The Morgan fingerprint density at radius 2 is 1.52 bits per heavy atom. The van der Waals surface area contributed by atoms with Gasteiger partial charge in [-0.2, -0.15) is 0 Å². The SMILES string of the molecule is Brc1c(-c2ccccc2I)ccc2c1oc1ccccc12. The predicted octanol–water partition coefficient (Wildman–Crippen LogP) is 6.62. The van der Waals surface area contributed by atoms with Gasteiger partial charge in [0.1, 0.15) is 11.2 Å². The van der Waals surface area contributed by atoms with E-state index in [2.05, 4.69) is 81.0 Å². The topological polar surface area (TPSA) is 13.1 Å². The van der Waals surface area contributed by atoms with E-state index in [-0.39, 0.29) is 0 Å². The van der Waals surface area contributed by atoms with Crippen LogP contribution < -0.4 is 0 Å². The molecule has 1 aromatic heterocycles. The number of hydrogen-bond donors (Lipinski definition) is 0. The first kappa shape index (κ1) is 13.3. The number of rotatable bonds is 1. The van der Waals surface area contributed by atoms with Gasteiger partial charge in [-0.1, -0.05) is 42.5 Å². The van der Waals surface area contributed by atoms with Gasteiger partial charge in [0, 0.05) is 19.9 Å². The monoisotopic (exact) mass is 448 g/mol. The average Bonchev–Trinajstić information content (AvgIpc) is 2.89. The molecular weight excluding hydrogens is 439 g/mol. The van der Waals surface area contributed by atoms with E-state index in [1.165, 1.54) is 9.13 Å². The van der Waals surface area contributed by atoms with E-state index in [1.807, 2.05) is 18.2 Å². The maximum Gasteiger partial charge on any atom is 0.150 e. The molecular formula is C18H10BrIO. The minimum Gasteiger partial charge on any atom is -0.455 e. The van der Waals surface area contributed by atoms with Crippen LogP contribution in [0, 0.1) is 3.57 Å². The molecule has 0 bridgehead atoms. The molecule has 0 radical (unpaired) electrons. The van der Waals surface area contributed by atoms with E-state index < -0.39 is 0 Å². The summed E-state index contributed by atoms with van der Waals surface area (Å²) in [6.45, 7) is 0. The molecule has 0 atom stereocenters. The van der Waals surface area contributed by atoms with Gasteiger partial charge in [0.25, 0.3) is 0 Å². The summed E-state index contributed by atoms with van der Waals surface area (Å²) in [6.07, 6.45) is 0. The van der Waals surface area contributed by atoms with Gasteiger partial charge in [-0.15, -0.1) is 0 Å². The zero-order valence-electron chi connectivity index (χ0n) is 10.9. The van der Waals surface area contributed by atoms with Crippen molar-refractivity contribution < 1.29 is 4.42 Å². The molecule has 4 aromatic rings. The third-order valence-corrected chi connectivity index (χ3v) is 5.38. The Morgan fingerprint density at radius 1 is 0.762 bits per heavy atom. The van der Waals surface area contributed by atoms with Gasteiger partial charge in [0.15, 0.2) is 0 Å². The summed E-state index contributed by atoms with van der Waals surface area (Å²) in [5.74, 6) is 0. The molecule has 0 saturated carbocycles. The van der Waals surface area contributed by atoms with Crippen molar-refractivity contribution in [3.63, 3.8) is 0 Å². The van der Waals surface area contributed by atoms with E-state index in [0.29, 0.717) is 0 Å². The van der Waals surface area contributed by atoms with Gasteiger partial charge < -0.3 is 4.42 Å². The highest BCUT2D eigenvalue weighted by Crippen LogP contribution is 2.40. The predicted molar refractivity (Wildman–Crippen MR) is 99.6 cm³/mol. The van der Waals surface area contributed by atoms with Crippen molar-refractivity contribution in [3.8, 4) is 11.1 Å². The zero-order chi connectivity index (χ0) is 14.4. The second kappa shape index (κ2) is 5.14. The standard InChI is InChI=1S/C18H10BrIO/c19-17-13(11-5-1-3-7-15(11)20)9-10-14-12-6-2-4-8-16(12)21-18(14)17/h1-10H. The van der Waals surface area contributed by atoms with E-state index in [4.69, 9.17) is 4.42 Å². The maximum absolute atomic E-state index is 6.04. The molecule has 0 aliphatic heterocycles. The molecule has 0 spiro atoms. The van der Waals surface area contributed by atoms with Crippen LogP contribution in [0.4, 0.5) is 0 Å². The van der Waals surface area contributed by atoms with Gasteiger partial charge in [0.2, 0.25) is 0 Å². The Balaban J connectivity index is 2.07. The lowest BCUT2D eigenvalue weighted by molar-refractivity contribution is 0.667. The summed E-state index contributed by atoms with van der Waals surface area (Å²) in [7, 11) is 0. The van der Waals surface area contributed by atoms with Crippen LogP contribution >= 0.6 is 38.5 Å². The highest BCUT2D eigenvalue weighted by molar-refractivity contribution is 14.1. The van der Waals surface area contributed by atoms with Gasteiger partial charge in [0.05, 0.1) is 4.47 Å². The molecule has 3 heteroatoms. The summed E-state index contributed by atoms with van der Waals surface area (Å²) in [6, 6.07) is 20.8. The smallest absolute Gasteiger partial charge is 0.150 e. The summed E-state index contributed by atoms with van der Waals surface area (Å²) < 4.78 is 8.28. The van der Waals surface area contributed by atoms with Crippen LogP contribution in [0.15, 0.2) is 69.6 Å². The number of furan rings is 1. The Bertz CT molecular complexity index is 971. The van der Waals surface area contributed by atoms with Crippen molar-refractivity contribution in [1.82, 2.24) is 0 Å². The second-order valence-electron chi connectivity index (χ2n) is 4.88. The zero-order valence-corrected chi connectivity index (χ0v) is 14.7. The van der Waals surface area contributed by atoms with E-state index >= 15 is 0 Å². The normalized spacial score (nSPS) is 11.3. The summed E-state index contributed by atoms with van der Waals surface area (Å²) in [5.41, 5.74) is 4.21. The number of para-hydroxylation sites is 1. The Labute approximate surface area is 144 Å². The first-order chi connectivity index (χ1) is 10.3. The lowest BCUT2D eigenvalue weighted by Crippen LogP contribution is -1.84. The Hall–Kier alpha value is -1.33. The summed E-state index contributed by atoms with van der Waals surface area (Å²) in [4.78, 5) is 0. The third-order valence-electron chi connectivity index (χ3n) is 3.65. The fourth-order valence-electron chi connectivity index (χ4n) is 2.64. The number of hydrogen-bond acceptors (Lipinski definition) is 1. The summed E-state index contributed by atoms with van der Waals surface area (Å²) >= 11 is 6.10. The number of benzene rings is 3. The molecule has 1 nitrogen and oxygen atoms in total. The second-order valence-corrected chi connectivity index (χ2v) is 6.84. The Kier molecular flexibility index (Phi) is 3.27. The molecule has 0 aliphatic carbocycles. The fraction of sp³-hybridized carbons (Fsp3) is 0. The molecule has 4 rings (SSSR count). The molecule has 0 amide bonds. The molecule has 0 fully saturated rings. The lowest BCUT2D eigenvalue weighted by atomic mass is 10.0. The van der Waals surface area contributed by atoms with E-state index in [0.717, 1.165) is 32.0 Å². The molecule has 0 saturated heterocycles. The van der Waals surface area contributed by atoms with E-state index in [9.17, 15) is 0 Å². The molecule has 21 heavy (non-hydrogen) atoms. The molecule has 0 unspecified atom stereocenters. The van der Waals surface area contributed by atoms with Crippen molar-refractivity contribution in [2.75, 3.05) is 0 Å². The molecule has 0 N–H and O–H groups in total. The quantitative estimate of drug-likeness (QED) is 0.298. The first-order valence-electron chi connectivity index (χ1n) is 6.60. The van der Waals surface area contributed by atoms with Crippen molar-refractivity contribution in [2.24, 2.45) is 0 Å². The molecule has 1 heterocycles. The van der Waals surface area contributed by atoms with Crippen molar-refractivity contribution in [1.29, 1.82) is 0 Å². The maximum atomic E-state index is 6.04. The van der Waals surface area contributed by atoms with Crippen molar-refractivity contribution >= 4 is 60.5 Å². The van der Waals surface area contributed by atoms with Crippen LogP contribution in [0.5, 0.6) is 0 Å². The lowest BCUT2D eigenvalue weighted by Gasteiger charge is -2.07. The molecule has 0 aliphatic rings. The highest BCUT2D eigenvalue weighted by Gasteiger charge is 2.14. The largest absolute Gasteiger partial charge is 0.455 e. The third kappa shape index (κ3) is 2.10. The summed E-state index contributed by atoms with van der Waals surface area (Å²) in [5, 5.41) is 2.30. The number of fused-ring (bicyclic) bond motifs is 3. The van der Waals surface area contributed by atoms with Crippen LogP contribution in [0.2, 0.25) is 0 Å². The van der Waals surface area contributed by atoms with Crippen LogP contribution in [0.1, 0.15) is 0 Å². The fourth-order valence-corrected chi connectivity index (χ4v) is 3.96. The van der Waals surface area contributed by atoms with Crippen LogP contribution in [0.25, 0.3) is 33.1 Å². The average molecular weight is 449 g/mol. The van der Waals surface area contributed by atoms with Gasteiger partial charge >= 0.3 is 0 Å². The van der Waals surface area contributed by atoms with Crippen LogP contribution in [-0.4, -0.2) is 0 Å². The van der Waals surface area contributed by atoms with Gasteiger partial charge in [-0.25, -0.2) is 0 Å². The minimum absolute atomic E-state index is 0.911. The van der Waals surface area contributed by atoms with Gasteiger partial charge in [-0.3, -0.25) is 0 Å². The molecule has 102 valence electrons. The van der Waals surface area contributed by atoms with Gasteiger partial charge in [-0.05, 0) is 62.3 Å². The first-order valence-corrected chi connectivity index (χ1v) is 8.47. The van der Waals surface area contributed by atoms with Crippen LogP contribution in [-0.2, 0) is 0 Å². The van der Waals surface area contributed by atoms with E-state index in [1.54, 1.807) is 0 Å². The highest BCUT2D eigenvalue weighted by atomic mass is 127. The van der Waals surface area contributed by atoms with Crippen LogP contribution in [0.3, 0.4) is 0 Å². The van der Waals surface area contributed by atoms with Crippen molar-refractivity contribution in [2.45, 2.75) is 0 Å².